The zero-order valence-corrected chi connectivity index (χ0v) is 14.9. The van der Waals surface area contributed by atoms with Crippen molar-refractivity contribution in [3.05, 3.63) is 23.8 Å². The number of carbonyl (C=O) groups excluding carboxylic acids is 3. The highest BCUT2D eigenvalue weighted by molar-refractivity contribution is 7.89. The molecule has 0 spiro atoms. The van der Waals surface area contributed by atoms with Gasteiger partial charge in [0.25, 0.3) is 5.25 Å². The summed E-state index contributed by atoms with van der Waals surface area (Å²) in [4.78, 5) is 35.9. The summed E-state index contributed by atoms with van der Waals surface area (Å²) in [6, 6.07) is 3.32. The Hall–Kier alpha value is -2.75. The summed E-state index contributed by atoms with van der Waals surface area (Å²) in [7, 11) is -0.649. The Kier molecular flexibility index (Phi) is 4.93. The van der Waals surface area contributed by atoms with Crippen LogP contribution in [0.15, 0.2) is 18.2 Å². The van der Waals surface area contributed by atoms with Crippen LogP contribution in [-0.2, 0) is 14.9 Å². The number of methoxy groups -OCH3 is 1. The maximum Gasteiger partial charge on any atom is 0.500 e. The molecule has 134 valence electrons. The molecule has 1 aromatic carbocycles. The highest BCUT2D eigenvalue weighted by Gasteiger charge is 2.47. The van der Waals surface area contributed by atoms with Gasteiger partial charge >= 0.3 is 22.1 Å². The quantitative estimate of drug-likeness (QED) is 0.416. The van der Waals surface area contributed by atoms with Gasteiger partial charge in [0.2, 0.25) is 0 Å². The molecule has 0 bridgehead atoms. The van der Waals surface area contributed by atoms with Crippen molar-refractivity contribution < 1.29 is 36.3 Å². The number of imide groups is 1. The Morgan fingerprint density at radius 2 is 1.88 bits per heavy atom. The maximum absolute atomic E-state index is 12.5. The van der Waals surface area contributed by atoms with E-state index in [0.717, 1.165) is 10.8 Å². The van der Waals surface area contributed by atoms with Gasteiger partial charge in [-0.25, -0.2) is 9.37 Å². The number of hydrogen-bond donors (Lipinski definition) is 0. The van der Waals surface area contributed by atoms with Crippen molar-refractivity contribution in [2.45, 2.75) is 12.2 Å². The lowest BCUT2D eigenvalue weighted by atomic mass is 10.1. The van der Waals surface area contributed by atoms with Gasteiger partial charge in [0, 0.05) is 5.56 Å². The monoisotopic (exact) mass is 369 g/mol. The van der Waals surface area contributed by atoms with Crippen LogP contribution in [0.25, 0.3) is 0 Å². The number of hydrogen-bond acceptors (Lipinski definition) is 7. The van der Waals surface area contributed by atoms with E-state index >= 15 is 0 Å². The zero-order valence-electron chi connectivity index (χ0n) is 14.0. The van der Waals surface area contributed by atoms with Crippen LogP contribution in [0, 0.1) is 0 Å². The van der Waals surface area contributed by atoms with Gasteiger partial charge in [-0.05, 0) is 25.1 Å². The largest absolute Gasteiger partial charge is 0.500 e. The van der Waals surface area contributed by atoms with E-state index in [4.69, 9.17) is 8.92 Å². The molecule has 0 radical (unpaired) electrons. The van der Waals surface area contributed by atoms with Gasteiger partial charge in [0.1, 0.15) is 6.21 Å². The summed E-state index contributed by atoms with van der Waals surface area (Å²) >= 11 is 0. The van der Waals surface area contributed by atoms with Gasteiger partial charge in [-0.2, -0.15) is 18.1 Å². The lowest BCUT2D eigenvalue weighted by Gasteiger charge is -2.20. The molecule has 0 saturated carbocycles. The molecule has 1 heterocycles. The molecule has 1 aromatic rings. The second kappa shape index (κ2) is 6.63. The highest BCUT2D eigenvalue weighted by atomic mass is 32.2. The number of Topliss-reactive ketones (excluding diaryl/α,β-unsaturated/α-hetero) is 1. The Labute approximate surface area is 144 Å². The first-order chi connectivity index (χ1) is 11.6. The summed E-state index contributed by atoms with van der Waals surface area (Å²) in [5, 5.41) is -1.68. The van der Waals surface area contributed by atoms with Crippen molar-refractivity contribution in [1.29, 1.82) is 0 Å². The molecule has 0 fully saturated rings. The average molecular weight is 369 g/mol. The van der Waals surface area contributed by atoms with Crippen LogP contribution in [-0.4, -0.2) is 68.3 Å². The molecular formula is C15H17N2O7S+. The second-order valence-corrected chi connectivity index (χ2v) is 7.02. The van der Waals surface area contributed by atoms with Gasteiger partial charge in [-0.1, -0.05) is 0 Å². The second-order valence-electron chi connectivity index (χ2n) is 5.36. The minimum Gasteiger partial charge on any atom is -0.493 e. The summed E-state index contributed by atoms with van der Waals surface area (Å²) in [6.07, 6.45) is 0.969. The maximum atomic E-state index is 12.5. The smallest absolute Gasteiger partial charge is 0.493 e. The molecule has 0 aromatic heterocycles. The first-order valence-corrected chi connectivity index (χ1v) is 8.57. The Morgan fingerprint density at radius 3 is 2.44 bits per heavy atom. The highest BCUT2D eigenvalue weighted by Crippen LogP contribution is 2.30. The molecule has 0 N–H and O–H groups in total. The Bertz CT molecular complexity index is 889. The molecule has 1 aliphatic rings. The van der Waals surface area contributed by atoms with Crippen molar-refractivity contribution in [1.82, 2.24) is 4.90 Å². The van der Waals surface area contributed by atoms with Crippen LogP contribution >= 0.6 is 0 Å². The van der Waals surface area contributed by atoms with E-state index in [1.165, 1.54) is 46.3 Å². The predicted molar refractivity (Wildman–Crippen MR) is 86.7 cm³/mol. The summed E-state index contributed by atoms with van der Waals surface area (Å²) in [5.41, 5.74) is 0.312. The number of amides is 3. The van der Waals surface area contributed by atoms with Gasteiger partial charge in [0.05, 0.1) is 21.2 Å². The van der Waals surface area contributed by atoms with Gasteiger partial charge in [0.15, 0.2) is 17.3 Å². The molecule has 1 aliphatic heterocycles. The van der Waals surface area contributed by atoms with Crippen molar-refractivity contribution >= 4 is 34.1 Å². The molecular weight excluding hydrogens is 352 g/mol. The molecule has 2 rings (SSSR count). The normalized spacial score (nSPS) is 18.0. The molecule has 1 unspecified atom stereocenters. The molecule has 1 atom stereocenters. The summed E-state index contributed by atoms with van der Waals surface area (Å²) < 4.78 is 36.0. The van der Waals surface area contributed by atoms with E-state index in [-0.39, 0.29) is 17.3 Å². The van der Waals surface area contributed by atoms with Gasteiger partial charge < -0.3 is 8.92 Å². The third kappa shape index (κ3) is 3.53. The fourth-order valence-corrected chi connectivity index (χ4v) is 3.41. The Morgan fingerprint density at radius 1 is 1.24 bits per heavy atom. The number of carbonyl (C=O) groups is 3. The van der Waals surface area contributed by atoms with Crippen LogP contribution in [0.2, 0.25) is 0 Å². The number of ether oxygens (including phenoxy) is 1. The van der Waals surface area contributed by atoms with Crippen molar-refractivity contribution in [2.75, 3.05) is 21.2 Å². The SMILES string of the molecule is COc1cc(C(C)=O)ccc1OS(=O)(=O)C1C=[N+](C)C(=O)N(C)C1=O. The topological polar surface area (TPSA) is 110 Å². The first kappa shape index (κ1) is 18.6. The van der Waals surface area contributed by atoms with Crippen molar-refractivity contribution in [3.8, 4) is 11.5 Å². The van der Waals surface area contributed by atoms with Crippen molar-refractivity contribution in [2.24, 2.45) is 0 Å². The number of rotatable bonds is 5. The van der Waals surface area contributed by atoms with Crippen LogP contribution in [0.3, 0.4) is 0 Å². The fraction of sp³-hybridized carbons (Fsp3) is 0.333. The standard InChI is InChI=1S/C15H17N2O7S/c1-9(18)10-5-6-11(12(7-10)23-4)24-25(21,22)13-8-16(2)15(20)17(3)14(13)19/h5-8,13H,1-4H3/q+1. The van der Waals surface area contributed by atoms with E-state index in [1.54, 1.807) is 0 Å². The van der Waals surface area contributed by atoms with E-state index in [2.05, 4.69) is 0 Å². The van der Waals surface area contributed by atoms with Crippen LogP contribution in [0.4, 0.5) is 4.79 Å². The summed E-state index contributed by atoms with van der Waals surface area (Å²) in [5.74, 6) is -1.30. The van der Waals surface area contributed by atoms with Crippen molar-refractivity contribution in [3.63, 3.8) is 0 Å². The number of ketones is 1. The minimum absolute atomic E-state index is 0.0253. The fourth-order valence-electron chi connectivity index (χ4n) is 2.18. The summed E-state index contributed by atoms with van der Waals surface area (Å²) in [6.45, 7) is 1.35. The average Bonchev–Trinajstić information content (AvgIpc) is 2.55. The van der Waals surface area contributed by atoms with E-state index in [0.29, 0.717) is 10.5 Å². The third-order valence-corrected chi connectivity index (χ3v) is 4.97. The molecule has 25 heavy (non-hydrogen) atoms. The van der Waals surface area contributed by atoms with Crippen LogP contribution < -0.4 is 8.92 Å². The molecule has 10 heteroatoms. The first-order valence-electron chi connectivity index (χ1n) is 7.10. The zero-order chi connectivity index (χ0) is 18.9. The van der Waals surface area contributed by atoms with Crippen LogP contribution in [0.1, 0.15) is 17.3 Å². The predicted octanol–water partition coefficient (Wildman–Crippen LogP) is 0.280. The van der Waals surface area contributed by atoms with E-state index in [1.807, 2.05) is 0 Å². The van der Waals surface area contributed by atoms with E-state index < -0.39 is 27.3 Å². The lowest BCUT2D eigenvalue weighted by molar-refractivity contribution is -0.399. The molecule has 9 nitrogen and oxygen atoms in total. The van der Waals surface area contributed by atoms with Crippen LogP contribution in [0.5, 0.6) is 11.5 Å². The molecule has 0 saturated heterocycles. The lowest BCUT2D eigenvalue weighted by Crippen LogP contribution is -2.54. The number of urea groups is 1. The number of benzene rings is 1. The Balaban J connectivity index is 2.41. The van der Waals surface area contributed by atoms with Gasteiger partial charge in [-0.3, -0.25) is 4.79 Å². The molecule has 0 aliphatic carbocycles. The third-order valence-electron chi connectivity index (χ3n) is 3.61. The van der Waals surface area contributed by atoms with Gasteiger partial charge in [-0.15, -0.1) is 0 Å². The van der Waals surface area contributed by atoms with E-state index in [9.17, 15) is 22.8 Å². The minimum atomic E-state index is -4.45. The molecule has 3 amide bonds. The number of nitrogens with zero attached hydrogens (tertiary/aromatic N) is 2.